The summed E-state index contributed by atoms with van der Waals surface area (Å²) in [6, 6.07) is 0. The third kappa shape index (κ3) is 0.964. The average Bonchev–Trinajstić information content (AvgIpc) is 2.40. The molecule has 2 heterocycles. The molecule has 0 aromatic rings. The molecule has 0 aromatic carbocycles. The molecule has 0 saturated heterocycles. The Balaban J connectivity index is 2.61. The second-order valence-corrected chi connectivity index (χ2v) is 2.55. The number of nitrogens with zero attached hydrogens (tertiary/aromatic N) is 3. The van der Waals surface area contributed by atoms with Crippen molar-refractivity contribution in [2.75, 3.05) is 0 Å². The Hall–Kier alpha value is -1.94. The smallest absolute Gasteiger partial charge is 0.270 e. The summed E-state index contributed by atoms with van der Waals surface area (Å²) in [5.74, 6) is 1.63. The third-order valence-corrected chi connectivity index (χ3v) is 1.77. The van der Waals surface area contributed by atoms with E-state index in [0.29, 0.717) is 0 Å². The van der Waals surface area contributed by atoms with Gasteiger partial charge in [-0.2, -0.15) is 4.99 Å². The molecule has 2 aliphatic heterocycles. The number of imide groups is 1. The molecule has 0 unspecified atom stereocenters. The zero-order chi connectivity index (χ0) is 9.42. The fourth-order valence-electron chi connectivity index (χ4n) is 1.08. The fourth-order valence-corrected chi connectivity index (χ4v) is 1.08. The molecule has 2 aliphatic rings. The molecule has 0 aliphatic carbocycles. The lowest BCUT2D eigenvalue weighted by atomic mass is 10.3. The average molecular weight is 173 g/mol. The molecule has 62 valence electrons. The molecule has 5 nitrogen and oxygen atoms in total. The summed E-state index contributed by atoms with van der Waals surface area (Å²) >= 11 is 0. The molecule has 2 amide bonds. The second-order valence-electron chi connectivity index (χ2n) is 2.55. The standard InChI is InChI=1S/C7H4BN3O2/c8-11-6(12)4-5(7(11)13)10-3-1-2-9-4/h1-2H,8H2. The SMILES string of the molecule is BN1C(=O)C2=C(N=CC=C=N2)C1=O. The van der Waals surface area contributed by atoms with Crippen molar-refractivity contribution < 1.29 is 9.59 Å². The molecule has 0 N–H and O–H groups in total. The van der Waals surface area contributed by atoms with E-state index in [1.165, 1.54) is 20.3 Å². The van der Waals surface area contributed by atoms with Gasteiger partial charge < -0.3 is 4.81 Å². The van der Waals surface area contributed by atoms with Gasteiger partial charge in [0.25, 0.3) is 11.8 Å². The highest BCUT2D eigenvalue weighted by molar-refractivity contribution is 6.35. The molecule has 0 spiro atoms. The molecule has 0 saturated carbocycles. The van der Waals surface area contributed by atoms with Crippen LogP contribution in [0.3, 0.4) is 0 Å². The van der Waals surface area contributed by atoms with E-state index in [4.69, 9.17) is 0 Å². The van der Waals surface area contributed by atoms with E-state index in [2.05, 4.69) is 15.9 Å². The molecule has 2 rings (SSSR count). The minimum Gasteiger partial charge on any atom is -0.326 e. The number of hydrogen-bond acceptors (Lipinski definition) is 4. The largest absolute Gasteiger partial charge is 0.326 e. The second kappa shape index (κ2) is 2.53. The summed E-state index contributed by atoms with van der Waals surface area (Å²) in [4.78, 5) is 31.1. The van der Waals surface area contributed by atoms with Crippen molar-refractivity contribution in [1.82, 2.24) is 4.81 Å². The van der Waals surface area contributed by atoms with Crippen LogP contribution in [0.25, 0.3) is 0 Å². The molecule has 0 aromatic heterocycles. The van der Waals surface area contributed by atoms with Crippen LogP contribution >= 0.6 is 0 Å². The van der Waals surface area contributed by atoms with Gasteiger partial charge >= 0.3 is 0 Å². The monoisotopic (exact) mass is 173 g/mol. The van der Waals surface area contributed by atoms with Crippen LogP contribution in [0, 0.1) is 0 Å². The number of hydrogen-bond donors (Lipinski definition) is 0. The summed E-state index contributed by atoms with van der Waals surface area (Å²) in [5.41, 5.74) is 0.159. The lowest BCUT2D eigenvalue weighted by Gasteiger charge is -2.04. The number of carbonyl (C=O) groups excluding carboxylic acids is 2. The maximum absolute atomic E-state index is 11.3. The number of amides is 2. The number of aliphatic imine (C=N–C) groups is 2. The summed E-state index contributed by atoms with van der Waals surface area (Å²) in [6.45, 7) is 0. The first-order valence-corrected chi connectivity index (χ1v) is 3.60. The molecular formula is C7H4BN3O2. The highest BCUT2D eigenvalue weighted by Crippen LogP contribution is 2.20. The number of allylic oxidation sites excluding steroid dienone is 1. The van der Waals surface area contributed by atoms with E-state index < -0.39 is 11.8 Å². The molecule has 0 bridgehead atoms. The topological polar surface area (TPSA) is 62.1 Å². The first kappa shape index (κ1) is 7.70. The Morgan fingerprint density at radius 3 is 2.77 bits per heavy atom. The minimum absolute atomic E-state index is 0.0671. The van der Waals surface area contributed by atoms with Crippen LogP contribution in [0.15, 0.2) is 27.5 Å². The van der Waals surface area contributed by atoms with Gasteiger partial charge in [0.15, 0.2) is 11.4 Å². The van der Waals surface area contributed by atoms with Crippen LogP contribution < -0.4 is 0 Å². The molecule has 0 atom stereocenters. The quantitative estimate of drug-likeness (QED) is 0.328. The molecular weight excluding hydrogens is 169 g/mol. The zero-order valence-corrected chi connectivity index (χ0v) is 6.81. The van der Waals surface area contributed by atoms with Crippen LogP contribution in [0.4, 0.5) is 0 Å². The van der Waals surface area contributed by atoms with Crippen molar-refractivity contribution in [3.05, 3.63) is 17.5 Å². The van der Waals surface area contributed by atoms with Gasteiger partial charge in [0, 0.05) is 12.3 Å². The van der Waals surface area contributed by atoms with E-state index in [1.807, 2.05) is 0 Å². The fraction of sp³-hybridized carbons (Fsp3) is 0. The van der Waals surface area contributed by atoms with Gasteiger partial charge in [-0.3, -0.25) is 9.59 Å². The summed E-state index contributed by atoms with van der Waals surface area (Å²) in [7, 11) is 1.40. The minimum atomic E-state index is -0.431. The molecule has 13 heavy (non-hydrogen) atoms. The van der Waals surface area contributed by atoms with Crippen LogP contribution in [-0.4, -0.2) is 36.7 Å². The van der Waals surface area contributed by atoms with Gasteiger partial charge in [-0.05, 0) is 5.87 Å². The first-order chi connectivity index (χ1) is 6.22. The van der Waals surface area contributed by atoms with E-state index in [1.54, 1.807) is 0 Å². The van der Waals surface area contributed by atoms with E-state index in [-0.39, 0.29) is 11.4 Å². The van der Waals surface area contributed by atoms with E-state index >= 15 is 0 Å². The summed E-state index contributed by atoms with van der Waals surface area (Å²) in [6.07, 6.45) is 2.83. The van der Waals surface area contributed by atoms with Gasteiger partial charge in [-0.25, -0.2) is 4.99 Å². The van der Waals surface area contributed by atoms with E-state index in [9.17, 15) is 9.59 Å². The predicted molar refractivity (Wildman–Crippen MR) is 47.9 cm³/mol. The zero-order valence-electron chi connectivity index (χ0n) is 6.81. The van der Waals surface area contributed by atoms with Gasteiger partial charge in [-0.15, -0.1) is 0 Å². The maximum atomic E-state index is 11.3. The third-order valence-electron chi connectivity index (χ3n) is 1.77. The van der Waals surface area contributed by atoms with Crippen molar-refractivity contribution in [1.29, 1.82) is 0 Å². The highest BCUT2D eigenvalue weighted by Gasteiger charge is 2.35. The summed E-state index contributed by atoms with van der Waals surface area (Å²) < 4.78 is 0. The van der Waals surface area contributed by atoms with Gasteiger partial charge in [0.05, 0.1) is 0 Å². The Morgan fingerprint density at radius 2 is 2.00 bits per heavy atom. The van der Waals surface area contributed by atoms with Crippen molar-refractivity contribution in [2.45, 2.75) is 0 Å². The molecule has 6 heteroatoms. The van der Waals surface area contributed by atoms with Crippen molar-refractivity contribution in [2.24, 2.45) is 9.98 Å². The highest BCUT2D eigenvalue weighted by atomic mass is 16.2. The van der Waals surface area contributed by atoms with Crippen LogP contribution in [0.2, 0.25) is 0 Å². The Kier molecular flexibility index (Phi) is 1.50. The molecule has 0 fully saturated rings. The van der Waals surface area contributed by atoms with Crippen LogP contribution in [0.1, 0.15) is 0 Å². The first-order valence-electron chi connectivity index (χ1n) is 3.60. The van der Waals surface area contributed by atoms with Crippen molar-refractivity contribution >= 4 is 31.9 Å². The Bertz CT molecular complexity index is 429. The molecule has 0 radical (unpaired) electrons. The van der Waals surface area contributed by atoms with Crippen molar-refractivity contribution in [3.63, 3.8) is 0 Å². The number of rotatable bonds is 0. The Morgan fingerprint density at radius 1 is 1.31 bits per heavy atom. The summed E-state index contributed by atoms with van der Waals surface area (Å²) in [5, 5.41) is 0. The van der Waals surface area contributed by atoms with Crippen molar-refractivity contribution in [3.8, 4) is 0 Å². The van der Waals surface area contributed by atoms with E-state index in [0.717, 1.165) is 4.81 Å². The van der Waals surface area contributed by atoms with Gasteiger partial charge in [0.2, 0.25) is 7.98 Å². The predicted octanol–water partition coefficient (Wildman–Crippen LogP) is -1.57. The lowest BCUT2D eigenvalue weighted by molar-refractivity contribution is -0.131. The normalized spacial score (nSPS) is 19.8. The lowest BCUT2D eigenvalue weighted by Crippen LogP contribution is -2.28. The number of carbonyl (C=O) groups is 2. The van der Waals surface area contributed by atoms with Gasteiger partial charge in [-0.1, -0.05) is 0 Å². The van der Waals surface area contributed by atoms with Gasteiger partial charge in [0.1, 0.15) is 0 Å². The Labute approximate surface area is 74.6 Å². The maximum Gasteiger partial charge on any atom is 0.270 e. The van der Waals surface area contributed by atoms with Crippen LogP contribution in [-0.2, 0) is 9.59 Å². The van der Waals surface area contributed by atoms with Crippen LogP contribution in [0.5, 0.6) is 0 Å².